The van der Waals surface area contributed by atoms with Crippen LogP contribution >= 0.6 is 15.9 Å². The van der Waals surface area contributed by atoms with Gasteiger partial charge in [0.05, 0.1) is 6.10 Å². The van der Waals surface area contributed by atoms with Crippen molar-refractivity contribution in [2.24, 2.45) is 11.1 Å². The second-order valence-corrected chi connectivity index (χ2v) is 5.14. The SMILES string of the molecule is CC(O)C(C)(CN)Cc1cncc(Br)c1. The monoisotopic (exact) mass is 272 g/mol. The number of hydrogen-bond acceptors (Lipinski definition) is 3. The Morgan fingerprint density at radius 2 is 2.27 bits per heavy atom. The number of aliphatic hydroxyl groups excluding tert-OH is 1. The summed E-state index contributed by atoms with van der Waals surface area (Å²) in [5, 5.41) is 9.69. The smallest absolute Gasteiger partial charge is 0.0580 e. The summed E-state index contributed by atoms with van der Waals surface area (Å²) in [5.74, 6) is 0. The van der Waals surface area contributed by atoms with Gasteiger partial charge in [-0.1, -0.05) is 6.92 Å². The molecular formula is C11H17BrN2O. The van der Waals surface area contributed by atoms with Gasteiger partial charge in [-0.15, -0.1) is 0 Å². The molecule has 15 heavy (non-hydrogen) atoms. The van der Waals surface area contributed by atoms with Crippen LogP contribution in [0.2, 0.25) is 0 Å². The van der Waals surface area contributed by atoms with E-state index < -0.39 is 6.10 Å². The number of nitrogens with zero attached hydrogens (tertiary/aromatic N) is 1. The number of hydrogen-bond donors (Lipinski definition) is 2. The van der Waals surface area contributed by atoms with Gasteiger partial charge < -0.3 is 10.8 Å². The minimum absolute atomic E-state index is 0.289. The highest BCUT2D eigenvalue weighted by atomic mass is 79.9. The summed E-state index contributed by atoms with van der Waals surface area (Å²) >= 11 is 3.37. The van der Waals surface area contributed by atoms with Gasteiger partial charge in [-0.3, -0.25) is 4.98 Å². The summed E-state index contributed by atoms with van der Waals surface area (Å²) in [4.78, 5) is 4.09. The maximum Gasteiger partial charge on any atom is 0.0580 e. The predicted molar refractivity (Wildman–Crippen MR) is 64.5 cm³/mol. The normalized spacial score (nSPS) is 17.1. The van der Waals surface area contributed by atoms with Gasteiger partial charge in [0.2, 0.25) is 0 Å². The number of aliphatic hydroxyl groups is 1. The molecule has 84 valence electrons. The lowest BCUT2D eigenvalue weighted by atomic mass is 9.79. The predicted octanol–water partition coefficient (Wildman–Crippen LogP) is 1.73. The Labute approximate surface area is 98.8 Å². The zero-order valence-electron chi connectivity index (χ0n) is 9.07. The molecule has 0 amide bonds. The standard InChI is InChI=1S/C11H17BrN2O/c1-8(15)11(2,7-13)4-9-3-10(12)6-14-5-9/h3,5-6,8,15H,4,7,13H2,1-2H3. The van der Waals surface area contributed by atoms with Crippen LogP contribution in [0, 0.1) is 5.41 Å². The topological polar surface area (TPSA) is 59.1 Å². The van der Waals surface area contributed by atoms with Crippen LogP contribution in [-0.4, -0.2) is 22.7 Å². The van der Waals surface area contributed by atoms with Gasteiger partial charge in [-0.05, 0) is 40.9 Å². The number of pyridine rings is 1. The molecule has 0 saturated carbocycles. The van der Waals surface area contributed by atoms with Crippen LogP contribution in [-0.2, 0) is 6.42 Å². The van der Waals surface area contributed by atoms with E-state index in [1.165, 1.54) is 0 Å². The van der Waals surface area contributed by atoms with Gasteiger partial charge in [-0.25, -0.2) is 0 Å². The molecule has 1 heterocycles. The molecule has 0 aliphatic carbocycles. The van der Waals surface area contributed by atoms with Crippen LogP contribution in [0.1, 0.15) is 19.4 Å². The lowest BCUT2D eigenvalue weighted by molar-refractivity contribution is 0.0588. The first-order valence-electron chi connectivity index (χ1n) is 4.95. The third kappa shape index (κ3) is 3.26. The first kappa shape index (κ1) is 12.6. The van der Waals surface area contributed by atoms with E-state index in [4.69, 9.17) is 5.73 Å². The molecule has 0 radical (unpaired) electrons. The van der Waals surface area contributed by atoms with Crippen molar-refractivity contribution in [1.29, 1.82) is 0 Å². The fraction of sp³-hybridized carbons (Fsp3) is 0.545. The number of rotatable bonds is 4. The molecule has 4 heteroatoms. The zero-order valence-corrected chi connectivity index (χ0v) is 10.7. The highest BCUT2D eigenvalue weighted by molar-refractivity contribution is 9.10. The minimum atomic E-state index is -0.429. The summed E-state index contributed by atoms with van der Waals surface area (Å²) in [6.07, 6.45) is 3.85. The quantitative estimate of drug-likeness (QED) is 0.878. The van der Waals surface area contributed by atoms with Crippen molar-refractivity contribution in [3.63, 3.8) is 0 Å². The Kier molecular flexibility index (Phi) is 4.25. The Balaban J connectivity index is 2.84. The molecule has 0 spiro atoms. The third-order valence-corrected chi connectivity index (χ3v) is 3.28. The molecule has 0 fully saturated rings. The van der Waals surface area contributed by atoms with E-state index in [1.807, 2.05) is 13.0 Å². The van der Waals surface area contributed by atoms with Crippen molar-refractivity contribution in [3.05, 3.63) is 28.5 Å². The molecule has 0 saturated heterocycles. The molecule has 3 N–H and O–H groups in total. The van der Waals surface area contributed by atoms with Crippen molar-refractivity contribution in [3.8, 4) is 0 Å². The maximum absolute atomic E-state index is 9.69. The van der Waals surface area contributed by atoms with Crippen molar-refractivity contribution in [1.82, 2.24) is 4.98 Å². The molecule has 3 nitrogen and oxygen atoms in total. The van der Waals surface area contributed by atoms with Crippen molar-refractivity contribution < 1.29 is 5.11 Å². The van der Waals surface area contributed by atoms with Crippen LogP contribution in [0.4, 0.5) is 0 Å². The van der Waals surface area contributed by atoms with Crippen molar-refractivity contribution in [2.75, 3.05) is 6.54 Å². The number of halogens is 1. The molecule has 1 aromatic rings. The Bertz CT molecular complexity index is 330. The van der Waals surface area contributed by atoms with Gasteiger partial charge in [-0.2, -0.15) is 0 Å². The minimum Gasteiger partial charge on any atom is -0.393 e. The van der Waals surface area contributed by atoms with E-state index in [0.29, 0.717) is 6.54 Å². The van der Waals surface area contributed by atoms with Crippen molar-refractivity contribution >= 4 is 15.9 Å². The average Bonchev–Trinajstić information content (AvgIpc) is 2.17. The molecule has 2 atom stereocenters. The summed E-state index contributed by atoms with van der Waals surface area (Å²) < 4.78 is 0.949. The average molecular weight is 273 g/mol. The van der Waals surface area contributed by atoms with E-state index in [2.05, 4.69) is 20.9 Å². The second kappa shape index (κ2) is 5.05. The Hall–Kier alpha value is -0.450. The zero-order chi connectivity index (χ0) is 11.5. The molecule has 0 bridgehead atoms. The molecule has 2 unspecified atom stereocenters. The fourth-order valence-electron chi connectivity index (χ4n) is 1.41. The van der Waals surface area contributed by atoms with E-state index in [0.717, 1.165) is 16.5 Å². The number of aromatic nitrogens is 1. The largest absolute Gasteiger partial charge is 0.393 e. The molecule has 1 aromatic heterocycles. The Morgan fingerprint density at radius 3 is 2.73 bits per heavy atom. The van der Waals surface area contributed by atoms with Gasteiger partial charge in [0.1, 0.15) is 0 Å². The number of nitrogens with two attached hydrogens (primary N) is 1. The summed E-state index contributed by atoms with van der Waals surface area (Å²) in [7, 11) is 0. The van der Waals surface area contributed by atoms with Gasteiger partial charge in [0, 0.05) is 28.8 Å². The lowest BCUT2D eigenvalue weighted by Gasteiger charge is -2.31. The fourth-order valence-corrected chi connectivity index (χ4v) is 1.82. The van der Waals surface area contributed by atoms with E-state index in [1.54, 1.807) is 19.3 Å². The van der Waals surface area contributed by atoms with Crippen LogP contribution in [0.5, 0.6) is 0 Å². The molecule has 1 rings (SSSR count). The van der Waals surface area contributed by atoms with Crippen LogP contribution in [0.3, 0.4) is 0 Å². The second-order valence-electron chi connectivity index (χ2n) is 4.22. The molecule has 0 aliphatic heterocycles. The highest BCUT2D eigenvalue weighted by Crippen LogP contribution is 2.26. The van der Waals surface area contributed by atoms with E-state index >= 15 is 0 Å². The lowest BCUT2D eigenvalue weighted by Crippen LogP contribution is -2.39. The van der Waals surface area contributed by atoms with E-state index in [9.17, 15) is 5.11 Å². The third-order valence-electron chi connectivity index (χ3n) is 2.84. The van der Waals surface area contributed by atoms with Crippen LogP contribution in [0.25, 0.3) is 0 Å². The van der Waals surface area contributed by atoms with Crippen LogP contribution < -0.4 is 5.73 Å². The Morgan fingerprint density at radius 1 is 1.60 bits per heavy atom. The molecule has 0 aliphatic rings. The first-order chi connectivity index (χ1) is 6.98. The van der Waals surface area contributed by atoms with Gasteiger partial charge in [0.15, 0.2) is 0 Å². The summed E-state index contributed by atoms with van der Waals surface area (Å²) in [6, 6.07) is 2.00. The van der Waals surface area contributed by atoms with Gasteiger partial charge in [0.25, 0.3) is 0 Å². The molecular weight excluding hydrogens is 256 g/mol. The van der Waals surface area contributed by atoms with Crippen LogP contribution in [0.15, 0.2) is 22.9 Å². The highest BCUT2D eigenvalue weighted by Gasteiger charge is 2.28. The van der Waals surface area contributed by atoms with Gasteiger partial charge >= 0.3 is 0 Å². The van der Waals surface area contributed by atoms with Crippen molar-refractivity contribution in [2.45, 2.75) is 26.4 Å². The first-order valence-corrected chi connectivity index (χ1v) is 5.75. The molecule has 0 aromatic carbocycles. The maximum atomic E-state index is 9.69. The van der Waals surface area contributed by atoms with E-state index in [-0.39, 0.29) is 5.41 Å². The summed E-state index contributed by atoms with van der Waals surface area (Å²) in [5.41, 5.74) is 6.49. The summed E-state index contributed by atoms with van der Waals surface area (Å²) in [6.45, 7) is 4.22.